The molecule has 16 heavy (non-hydrogen) atoms. The maximum absolute atomic E-state index is 5.58. The van der Waals surface area contributed by atoms with Gasteiger partial charge in [0.05, 0.1) is 6.26 Å². The van der Waals surface area contributed by atoms with E-state index in [1.165, 1.54) is 5.57 Å². The minimum Gasteiger partial charge on any atom is -0.494 e. The van der Waals surface area contributed by atoms with E-state index in [1.54, 1.807) is 0 Å². The third-order valence-electron chi connectivity index (χ3n) is 2.82. The molecule has 0 saturated heterocycles. The van der Waals surface area contributed by atoms with Crippen molar-refractivity contribution >= 4 is 0 Å². The van der Waals surface area contributed by atoms with Crippen molar-refractivity contribution in [3.05, 3.63) is 24.0 Å². The number of rotatable bonds is 5. The summed E-state index contributed by atoms with van der Waals surface area (Å²) in [6, 6.07) is 0.536. The lowest BCUT2D eigenvalue weighted by atomic mass is 9.99. The van der Waals surface area contributed by atoms with Crippen LogP contribution in [-0.4, -0.2) is 18.7 Å². The molecule has 1 aliphatic heterocycles. The van der Waals surface area contributed by atoms with Gasteiger partial charge in [0.15, 0.2) is 0 Å². The molecule has 0 saturated carbocycles. The average Bonchev–Trinajstić information content (AvgIpc) is 2.25. The first-order valence-electron chi connectivity index (χ1n) is 6.34. The van der Waals surface area contributed by atoms with Crippen molar-refractivity contribution in [1.82, 2.24) is 5.32 Å². The minimum atomic E-state index is 0.274. The van der Waals surface area contributed by atoms with Gasteiger partial charge in [-0.3, -0.25) is 0 Å². The van der Waals surface area contributed by atoms with E-state index in [2.05, 4.69) is 45.2 Å². The third kappa shape index (κ3) is 4.84. The second kappa shape index (κ2) is 6.74. The summed E-state index contributed by atoms with van der Waals surface area (Å²) >= 11 is 0. The van der Waals surface area contributed by atoms with Gasteiger partial charge in [0, 0.05) is 12.6 Å². The van der Waals surface area contributed by atoms with E-state index in [0.29, 0.717) is 12.0 Å². The smallest absolute Gasteiger partial charge is 0.117 e. The molecule has 0 radical (unpaired) electrons. The summed E-state index contributed by atoms with van der Waals surface area (Å²) in [5.74, 6) is 0.584. The molecule has 0 aromatic rings. The van der Waals surface area contributed by atoms with E-state index < -0.39 is 0 Å². The highest BCUT2D eigenvalue weighted by molar-refractivity contribution is 5.11. The monoisotopic (exact) mass is 223 g/mol. The molecule has 92 valence electrons. The molecule has 2 nitrogen and oxygen atoms in total. The highest BCUT2D eigenvalue weighted by atomic mass is 16.5. The minimum absolute atomic E-state index is 0.274. The summed E-state index contributed by atoms with van der Waals surface area (Å²) in [6.07, 6.45) is 8.73. The van der Waals surface area contributed by atoms with Gasteiger partial charge in [-0.15, -0.1) is 0 Å². The van der Waals surface area contributed by atoms with E-state index >= 15 is 0 Å². The highest BCUT2D eigenvalue weighted by Crippen LogP contribution is 2.17. The summed E-state index contributed by atoms with van der Waals surface area (Å²) in [4.78, 5) is 0. The van der Waals surface area contributed by atoms with Gasteiger partial charge in [-0.25, -0.2) is 0 Å². The number of allylic oxidation sites excluding steroid dienone is 1. The molecule has 1 unspecified atom stereocenters. The van der Waals surface area contributed by atoms with Gasteiger partial charge in [-0.2, -0.15) is 0 Å². The Hall–Kier alpha value is -0.760. The van der Waals surface area contributed by atoms with E-state index in [0.717, 1.165) is 19.4 Å². The first kappa shape index (κ1) is 13.3. The molecule has 1 N–H and O–H groups in total. The summed E-state index contributed by atoms with van der Waals surface area (Å²) in [7, 11) is 0. The highest BCUT2D eigenvalue weighted by Gasteiger charge is 2.11. The predicted molar refractivity (Wildman–Crippen MR) is 69.3 cm³/mol. The Morgan fingerprint density at radius 1 is 1.44 bits per heavy atom. The molecule has 1 aliphatic rings. The number of nitrogens with one attached hydrogen (secondary N) is 1. The van der Waals surface area contributed by atoms with Crippen molar-refractivity contribution in [2.45, 2.75) is 52.7 Å². The number of ether oxygens (including phenoxy) is 1. The first-order chi connectivity index (χ1) is 7.59. The van der Waals surface area contributed by atoms with Gasteiger partial charge in [-0.05, 0) is 30.9 Å². The lowest BCUT2D eigenvalue weighted by molar-refractivity contribution is 0.164. The zero-order valence-corrected chi connectivity index (χ0v) is 11.0. The van der Waals surface area contributed by atoms with Crippen molar-refractivity contribution in [2.24, 2.45) is 5.92 Å². The molecule has 0 fully saturated rings. The largest absolute Gasteiger partial charge is 0.494 e. The Morgan fingerprint density at radius 3 is 2.69 bits per heavy atom. The van der Waals surface area contributed by atoms with Crippen LogP contribution in [0.1, 0.15) is 40.5 Å². The van der Waals surface area contributed by atoms with Crippen LogP contribution in [0.15, 0.2) is 24.0 Å². The van der Waals surface area contributed by atoms with Crippen molar-refractivity contribution in [2.75, 3.05) is 6.54 Å². The molecule has 0 amide bonds. The number of hydrogen-bond donors (Lipinski definition) is 1. The van der Waals surface area contributed by atoms with Crippen LogP contribution in [-0.2, 0) is 4.74 Å². The Bertz CT molecular complexity index is 253. The van der Waals surface area contributed by atoms with Crippen LogP contribution >= 0.6 is 0 Å². The molecule has 1 atom stereocenters. The fraction of sp³-hybridized carbons (Fsp3) is 0.714. The van der Waals surface area contributed by atoms with Crippen LogP contribution in [0, 0.1) is 5.92 Å². The molecule has 1 heterocycles. The summed E-state index contributed by atoms with van der Waals surface area (Å²) in [5.41, 5.74) is 1.45. The van der Waals surface area contributed by atoms with Crippen molar-refractivity contribution in [3.8, 4) is 0 Å². The van der Waals surface area contributed by atoms with E-state index in [9.17, 15) is 0 Å². The van der Waals surface area contributed by atoms with E-state index in [-0.39, 0.29) is 6.10 Å². The SMILES string of the molecule is CC(C)NCC(=CC1CCC=CO1)C(C)C. The maximum Gasteiger partial charge on any atom is 0.117 e. The van der Waals surface area contributed by atoms with Gasteiger partial charge >= 0.3 is 0 Å². The fourth-order valence-corrected chi connectivity index (χ4v) is 1.69. The standard InChI is InChI=1S/C14H25NO/c1-11(2)13(10-15-12(3)4)9-14-7-5-6-8-16-14/h6,8-9,11-12,14-15H,5,7,10H2,1-4H3. The Morgan fingerprint density at radius 2 is 2.19 bits per heavy atom. The van der Waals surface area contributed by atoms with Crippen LogP contribution in [0.4, 0.5) is 0 Å². The predicted octanol–water partition coefficient (Wildman–Crippen LogP) is 3.26. The molecular formula is C14H25NO. The lowest BCUT2D eigenvalue weighted by Gasteiger charge is -2.20. The van der Waals surface area contributed by atoms with Gasteiger partial charge in [0.2, 0.25) is 0 Å². The van der Waals surface area contributed by atoms with Crippen LogP contribution in [0.2, 0.25) is 0 Å². The van der Waals surface area contributed by atoms with Crippen LogP contribution in [0.3, 0.4) is 0 Å². The topological polar surface area (TPSA) is 21.3 Å². The Labute approximate surface area is 99.8 Å². The van der Waals surface area contributed by atoms with Crippen molar-refractivity contribution in [1.29, 1.82) is 0 Å². The van der Waals surface area contributed by atoms with Gasteiger partial charge in [0.1, 0.15) is 6.10 Å². The normalized spacial score (nSPS) is 21.6. The molecule has 0 spiro atoms. The molecule has 1 rings (SSSR count). The van der Waals surface area contributed by atoms with E-state index in [1.807, 2.05) is 6.26 Å². The molecule has 0 bridgehead atoms. The maximum atomic E-state index is 5.58. The summed E-state index contributed by atoms with van der Waals surface area (Å²) < 4.78 is 5.58. The lowest BCUT2D eigenvalue weighted by Crippen LogP contribution is -2.27. The molecule has 0 aromatic heterocycles. The molecule has 0 aliphatic carbocycles. The van der Waals surface area contributed by atoms with Gasteiger partial charge in [-0.1, -0.05) is 33.3 Å². The zero-order chi connectivity index (χ0) is 12.0. The van der Waals surface area contributed by atoms with Crippen LogP contribution in [0.5, 0.6) is 0 Å². The van der Waals surface area contributed by atoms with Gasteiger partial charge in [0.25, 0.3) is 0 Å². The van der Waals surface area contributed by atoms with Crippen molar-refractivity contribution < 1.29 is 4.74 Å². The zero-order valence-electron chi connectivity index (χ0n) is 11.0. The van der Waals surface area contributed by atoms with Gasteiger partial charge < -0.3 is 10.1 Å². The third-order valence-corrected chi connectivity index (χ3v) is 2.82. The Balaban J connectivity index is 2.53. The quantitative estimate of drug-likeness (QED) is 0.722. The second-order valence-corrected chi connectivity index (χ2v) is 5.06. The van der Waals surface area contributed by atoms with Crippen LogP contribution in [0.25, 0.3) is 0 Å². The molecular weight excluding hydrogens is 198 g/mol. The first-order valence-corrected chi connectivity index (χ1v) is 6.34. The molecule has 2 heteroatoms. The summed E-state index contributed by atoms with van der Waals surface area (Å²) in [5, 5.41) is 3.47. The van der Waals surface area contributed by atoms with Crippen LogP contribution < -0.4 is 5.32 Å². The average molecular weight is 223 g/mol. The summed E-state index contributed by atoms with van der Waals surface area (Å²) in [6.45, 7) is 9.81. The van der Waals surface area contributed by atoms with Crippen molar-refractivity contribution in [3.63, 3.8) is 0 Å². The fourth-order valence-electron chi connectivity index (χ4n) is 1.69. The second-order valence-electron chi connectivity index (χ2n) is 5.06. The van der Waals surface area contributed by atoms with E-state index in [4.69, 9.17) is 4.74 Å². The molecule has 0 aromatic carbocycles. The number of hydrogen-bond acceptors (Lipinski definition) is 2. The Kier molecular flexibility index (Phi) is 5.61.